The fourth-order valence-corrected chi connectivity index (χ4v) is 2.33. The quantitative estimate of drug-likeness (QED) is 0.694. The summed E-state index contributed by atoms with van der Waals surface area (Å²) in [6.45, 7) is 2.09. The number of rotatable bonds is 6. The molecule has 2 aromatic rings. The molecule has 2 aromatic carbocycles. The van der Waals surface area contributed by atoms with Crippen molar-refractivity contribution in [1.82, 2.24) is 0 Å². The average molecular weight is 252 g/mol. The molecule has 98 valence electrons. The zero-order valence-electron chi connectivity index (χ0n) is 11.4. The molecule has 0 unspecified atom stereocenters. The lowest BCUT2D eigenvalue weighted by Crippen LogP contribution is -2.03. The fraction of sp³-hybridized carbons (Fsp3) is 0.278. The number of carbonyl (C=O) groups excluding carboxylic acids is 1. The molecule has 1 heteroatoms. The average Bonchev–Trinajstić information content (AvgIpc) is 2.48. The minimum Gasteiger partial charge on any atom is -0.294 e. The molecule has 0 amide bonds. The lowest BCUT2D eigenvalue weighted by Gasteiger charge is -2.06. The Kier molecular flexibility index (Phi) is 4.91. The Morgan fingerprint density at radius 2 is 1.63 bits per heavy atom. The number of Topliss-reactive ketones (excluding diaryl/α,β-unsaturated/α-hetero) is 1. The zero-order valence-corrected chi connectivity index (χ0v) is 11.4. The maximum Gasteiger partial charge on any atom is 0.163 e. The van der Waals surface area contributed by atoms with Crippen LogP contribution in [-0.2, 0) is 12.8 Å². The number of aryl methyl sites for hydroxylation is 2. The molecule has 19 heavy (non-hydrogen) atoms. The number of ketones is 1. The van der Waals surface area contributed by atoms with Crippen LogP contribution >= 0.6 is 0 Å². The highest BCUT2D eigenvalue weighted by Gasteiger charge is 2.09. The van der Waals surface area contributed by atoms with Crippen LogP contribution in [0.2, 0.25) is 0 Å². The lowest BCUT2D eigenvalue weighted by atomic mass is 9.97. The summed E-state index contributed by atoms with van der Waals surface area (Å²) in [4.78, 5) is 12.2. The van der Waals surface area contributed by atoms with Crippen LogP contribution in [0.5, 0.6) is 0 Å². The molecule has 0 saturated carbocycles. The molecule has 0 saturated heterocycles. The lowest BCUT2D eigenvalue weighted by molar-refractivity contribution is 0.0979. The van der Waals surface area contributed by atoms with Crippen LogP contribution in [0, 0.1) is 0 Å². The standard InChI is InChI=1S/C18H20O/c1-2-16-12-6-7-13-17(16)18(19)14-8-11-15-9-4-3-5-10-15/h3-7,9-10,12-13H,2,8,11,14H2,1H3. The second kappa shape index (κ2) is 6.89. The first kappa shape index (κ1) is 13.5. The van der Waals surface area contributed by atoms with Gasteiger partial charge in [0.15, 0.2) is 5.78 Å². The van der Waals surface area contributed by atoms with Crippen molar-refractivity contribution in [2.24, 2.45) is 0 Å². The number of carbonyl (C=O) groups is 1. The maximum atomic E-state index is 12.2. The van der Waals surface area contributed by atoms with E-state index in [9.17, 15) is 4.79 Å². The van der Waals surface area contributed by atoms with Crippen molar-refractivity contribution in [2.75, 3.05) is 0 Å². The molecule has 1 nitrogen and oxygen atoms in total. The molecule has 0 aliphatic carbocycles. The van der Waals surface area contributed by atoms with Gasteiger partial charge in [-0.1, -0.05) is 61.5 Å². The van der Waals surface area contributed by atoms with Crippen molar-refractivity contribution in [3.63, 3.8) is 0 Å². The van der Waals surface area contributed by atoms with E-state index in [4.69, 9.17) is 0 Å². The monoisotopic (exact) mass is 252 g/mol. The van der Waals surface area contributed by atoms with Crippen molar-refractivity contribution < 1.29 is 4.79 Å². The van der Waals surface area contributed by atoms with Crippen molar-refractivity contribution >= 4 is 5.78 Å². The predicted molar refractivity (Wildman–Crippen MR) is 79.5 cm³/mol. The first-order chi connectivity index (χ1) is 9.31. The normalized spacial score (nSPS) is 10.4. The Balaban J connectivity index is 1.91. The summed E-state index contributed by atoms with van der Waals surface area (Å²) in [6, 6.07) is 18.3. The number of hydrogen-bond donors (Lipinski definition) is 0. The van der Waals surface area contributed by atoms with Crippen molar-refractivity contribution in [3.8, 4) is 0 Å². The third-order valence-electron chi connectivity index (χ3n) is 3.41. The highest BCUT2D eigenvalue weighted by atomic mass is 16.1. The highest BCUT2D eigenvalue weighted by Crippen LogP contribution is 2.14. The van der Waals surface area contributed by atoms with Gasteiger partial charge in [0, 0.05) is 12.0 Å². The summed E-state index contributed by atoms with van der Waals surface area (Å²) in [5.41, 5.74) is 3.37. The fourth-order valence-electron chi connectivity index (χ4n) is 2.33. The minimum absolute atomic E-state index is 0.272. The topological polar surface area (TPSA) is 17.1 Å². The predicted octanol–water partition coefficient (Wildman–Crippen LogP) is 4.45. The third kappa shape index (κ3) is 3.78. The van der Waals surface area contributed by atoms with E-state index in [-0.39, 0.29) is 5.78 Å². The first-order valence-electron chi connectivity index (χ1n) is 6.96. The van der Waals surface area contributed by atoms with Gasteiger partial charge in [-0.05, 0) is 30.4 Å². The van der Waals surface area contributed by atoms with E-state index >= 15 is 0 Å². The van der Waals surface area contributed by atoms with Crippen LogP contribution in [0.4, 0.5) is 0 Å². The van der Waals surface area contributed by atoms with Gasteiger partial charge in [0.1, 0.15) is 0 Å². The van der Waals surface area contributed by atoms with Crippen LogP contribution in [-0.4, -0.2) is 5.78 Å². The molecule has 0 heterocycles. The van der Waals surface area contributed by atoms with Crippen LogP contribution in [0.3, 0.4) is 0 Å². The van der Waals surface area contributed by atoms with Crippen LogP contribution in [0.25, 0.3) is 0 Å². The molecule has 0 aliphatic rings. The van der Waals surface area contributed by atoms with E-state index in [2.05, 4.69) is 19.1 Å². The van der Waals surface area contributed by atoms with Gasteiger partial charge < -0.3 is 0 Å². The van der Waals surface area contributed by atoms with Crippen molar-refractivity contribution in [3.05, 3.63) is 71.3 Å². The number of hydrogen-bond acceptors (Lipinski definition) is 1. The van der Waals surface area contributed by atoms with Gasteiger partial charge in [0.25, 0.3) is 0 Å². The van der Waals surface area contributed by atoms with Gasteiger partial charge in [0.05, 0.1) is 0 Å². The summed E-state index contributed by atoms with van der Waals surface area (Å²) < 4.78 is 0. The molecule has 0 bridgehead atoms. The maximum absolute atomic E-state index is 12.2. The smallest absolute Gasteiger partial charge is 0.163 e. The summed E-state index contributed by atoms with van der Waals surface area (Å²) in [7, 11) is 0. The second-order valence-electron chi connectivity index (χ2n) is 4.77. The van der Waals surface area contributed by atoms with Gasteiger partial charge in [-0.25, -0.2) is 0 Å². The number of benzene rings is 2. The Morgan fingerprint density at radius 1 is 0.947 bits per heavy atom. The molecule has 0 radical (unpaired) electrons. The summed E-state index contributed by atoms with van der Waals surface area (Å²) >= 11 is 0. The Hall–Kier alpha value is -1.89. The highest BCUT2D eigenvalue weighted by molar-refractivity contribution is 5.97. The molecule has 0 aliphatic heterocycles. The Morgan fingerprint density at radius 3 is 2.37 bits per heavy atom. The van der Waals surface area contributed by atoms with Gasteiger partial charge in [-0.2, -0.15) is 0 Å². The van der Waals surface area contributed by atoms with Crippen LogP contribution in [0.15, 0.2) is 54.6 Å². The van der Waals surface area contributed by atoms with Crippen molar-refractivity contribution in [2.45, 2.75) is 32.6 Å². The molecular formula is C18H20O. The van der Waals surface area contributed by atoms with E-state index in [0.29, 0.717) is 6.42 Å². The molecular weight excluding hydrogens is 232 g/mol. The summed E-state index contributed by atoms with van der Waals surface area (Å²) in [5, 5.41) is 0. The second-order valence-corrected chi connectivity index (χ2v) is 4.77. The van der Waals surface area contributed by atoms with E-state index in [1.807, 2.05) is 42.5 Å². The van der Waals surface area contributed by atoms with Crippen LogP contribution in [0.1, 0.15) is 41.3 Å². The Labute approximate surface area is 115 Å². The van der Waals surface area contributed by atoms with Gasteiger partial charge in [-0.15, -0.1) is 0 Å². The van der Waals surface area contributed by atoms with E-state index in [0.717, 1.165) is 30.4 Å². The van der Waals surface area contributed by atoms with Gasteiger partial charge in [0.2, 0.25) is 0 Å². The molecule has 0 fully saturated rings. The molecule has 0 N–H and O–H groups in total. The van der Waals surface area contributed by atoms with Gasteiger partial charge in [-0.3, -0.25) is 4.79 Å². The minimum atomic E-state index is 0.272. The first-order valence-corrected chi connectivity index (χ1v) is 6.96. The summed E-state index contributed by atoms with van der Waals surface area (Å²) in [6.07, 6.45) is 3.44. The largest absolute Gasteiger partial charge is 0.294 e. The van der Waals surface area contributed by atoms with Crippen LogP contribution < -0.4 is 0 Å². The molecule has 0 spiro atoms. The third-order valence-corrected chi connectivity index (χ3v) is 3.41. The summed E-state index contributed by atoms with van der Waals surface area (Å²) in [5.74, 6) is 0.272. The Bertz CT molecular complexity index is 528. The molecule has 0 aromatic heterocycles. The van der Waals surface area contributed by atoms with Gasteiger partial charge >= 0.3 is 0 Å². The zero-order chi connectivity index (χ0) is 13.5. The van der Waals surface area contributed by atoms with E-state index in [1.54, 1.807) is 0 Å². The molecule has 0 atom stereocenters. The van der Waals surface area contributed by atoms with E-state index in [1.165, 1.54) is 5.56 Å². The van der Waals surface area contributed by atoms with Crippen molar-refractivity contribution in [1.29, 1.82) is 0 Å². The SMILES string of the molecule is CCc1ccccc1C(=O)CCCc1ccccc1. The van der Waals surface area contributed by atoms with E-state index < -0.39 is 0 Å². The molecule has 2 rings (SSSR count).